The van der Waals surface area contributed by atoms with E-state index in [2.05, 4.69) is 4.98 Å². The molecular formula is C16H14N2O3. The van der Waals surface area contributed by atoms with Crippen LogP contribution in [0, 0.1) is 0 Å². The summed E-state index contributed by atoms with van der Waals surface area (Å²) in [7, 11) is 0. The Bertz CT molecular complexity index is 781. The largest absolute Gasteiger partial charge is 0.478 e. The lowest BCUT2D eigenvalue weighted by atomic mass is 10.1. The number of hydrogen-bond acceptors (Lipinski definition) is 4. The second-order valence-corrected chi connectivity index (χ2v) is 4.84. The summed E-state index contributed by atoms with van der Waals surface area (Å²) in [5.41, 5.74) is 8.44. The van der Waals surface area contributed by atoms with E-state index >= 15 is 0 Å². The number of fused-ring (bicyclic) bond motifs is 1. The van der Waals surface area contributed by atoms with Crippen LogP contribution >= 0.6 is 0 Å². The molecule has 2 aromatic carbocycles. The van der Waals surface area contributed by atoms with E-state index in [0.717, 1.165) is 5.56 Å². The van der Waals surface area contributed by atoms with Crippen molar-refractivity contribution < 1.29 is 14.3 Å². The quantitative estimate of drug-likeness (QED) is 0.768. The number of nitrogens with two attached hydrogens (primary N) is 1. The molecule has 0 aliphatic carbocycles. The van der Waals surface area contributed by atoms with E-state index in [1.807, 2.05) is 30.3 Å². The molecule has 0 saturated carbocycles. The van der Waals surface area contributed by atoms with Gasteiger partial charge in [-0.25, -0.2) is 9.78 Å². The SMILES string of the molecule is NC(Cc1ccccc1)c1nc2cc(C(=O)O)ccc2o1. The predicted molar refractivity (Wildman–Crippen MR) is 78.0 cm³/mol. The molecule has 21 heavy (non-hydrogen) atoms. The number of carboxylic acid groups (broad SMARTS) is 1. The number of carboxylic acids is 1. The van der Waals surface area contributed by atoms with E-state index < -0.39 is 5.97 Å². The van der Waals surface area contributed by atoms with Gasteiger partial charge in [0, 0.05) is 0 Å². The highest BCUT2D eigenvalue weighted by molar-refractivity contribution is 5.91. The van der Waals surface area contributed by atoms with Crippen molar-refractivity contribution in [1.82, 2.24) is 4.98 Å². The van der Waals surface area contributed by atoms with Crippen LogP contribution in [0.3, 0.4) is 0 Å². The van der Waals surface area contributed by atoms with E-state index in [1.165, 1.54) is 12.1 Å². The number of oxazole rings is 1. The Labute approximate surface area is 121 Å². The first kappa shape index (κ1) is 13.3. The molecule has 0 fully saturated rings. The highest BCUT2D eigenvalue weighted by Gasteiger charge is 2.15. The zero-order valence-corrected chi connectivity index (χ0v) is 11.2. The Balaban J connectivity index is 1.88. The summed E-state index contributed by atoms with van der Waals surface area (Å²) in [6.07, 6.45) is 0.611. The van der Waals surface area contributed by atoms with Crippen molar-refractivity contribution in [2.75, 3.05) is 0 Å². The van der Waals surface area contributed by atoms with Crippen LogP contribution in [0.15, 0.2) is 52.9 Å². The van der Waals surface area contributed by atoms with Crippen LogP contribution in [0.4, 0.5) is 0 Å². The van der Waals surface area contributed by atoms with Gasteiger partial charge in [-0.2, -0.15) is 0 Å². The van der Waals surface area contributed by atoms with Gasteiger partial charge >= 0.3 is 5.97 Å². The number of rotatable bonds is 4. The minimum atomic E-state index is -0.991. The molecule has 3 N–H and O–H groups in total. The van der Waals surface area contributed by atoms with Crippen LogP contribution in [-0.4, -0.2) is 16.1 Å². The van der Waals surface area contributed by atoms with E-state index in [1.54, 1.807) is 6.07 Å². The number of carbonyl (C=O) groups is 1. The Morgan fingerprint density at radius 2 is 2.00 bits per heavy atom. The number of hydrogen-bond donors (Lipinski definition) is 2. The van der Waals surface area contributed by atoms with Gasteiger partial charge in [0.2, 0.25) is 5.89 Å². The Morgan fingerprint density at radius 3 is 2.71 bits per heavy atom. The summed E-state index contributed by atoms with van der Waals surface area (Å²) in [6.45, 7) is 0. The van der Waals surface area contributed by atoms with Gasteiger partial charge in [0.1, 0.15) is 5.52 Å². The van der Waals surface area contributed by atoms with Crippen LogP contribution in [-0.2, 0) is 6.42 Å². The van der Waals surface area contributed by atoms with Crippen LogP contribution < -0.4 is 5.73 Å². The smallest absolute Gasteiger partial charge is 0.335 e. The lowest BCUT2D eigenvalue weighted by molar-refractivity contribution is 0.0697. The summed E-state index contributed by atoms with van der Waals surface area (Å²) in [5.74, 6) is -0.577. The fourth-order valence-electron chi connectivity index (χ4n) is 2.19. The summed E-state index contributed by atoms with van der Waals surface area (Å²) < 4.78 is 5.61. The Hall–Kier alpha value is -2.66. The van der Waals surface area contributed by atoms with Crippen LogP contribution in [0.2, 0.25) is 0 Å². The van der Waals surface area contributed by atoms with Crippen molar-refractivity contribution in [3.63, 3.8) is 0 Å². The molecule has 106 valence electrons. The molecule has 3 rings (SSSR count). The van der Waals surface area contributed by atoms with E-state index in [9.17, 15) is 4.79 Å². The monoisotopic (exact) mass is 282 g/mol. The van der Waals surface area contributed by atoms with Crippen molar-refractivity contribution in [2.24, 2.45) is 5.73 Å². The van der Waals surface area contributed by atoms with Gasteiger partial charge in [0.05, 0.1) is 11.6 Å². The fourth-order valence-corrected chi connectivity index (χ4v) is 2.19. The minimum Gasteiger partial charge on any atom is -0.478 e. The molecule has 1 aromatic heterocycles. The molecule has 0 bridgehead atoms. The van der Waals surface area contributed by atoms with Crippen molar-refractivity contribution in [3.8, 4) is 0 Å². The van der Waals surface area contributed by atoms with Gasteiger partial charge in [0.25, 0.3) is 0 Å². The average Bonchev–Trinajstić information content (AvgIpc) is 2.91. The van der Waals surface area contributed by atoms with Gasteiger partial charge in [-0.15, -0.1) is 0 Å². The molecule has 0 spiro atoms. The summed E-state index contributed by atoms with van der Waals surface area (Å²) >= 11 is 0. The first-order chi connectivity index (χ1) is 10.1. The van der Waals surface area contributed by atoms with Crippen molar-refractivity contribution in [2.45, 2.75) is 12.5 Å². The molecule has 0 radical (unpaired) electrons. The Morgan fingerprint density at radius 1 is 1.24 bits per heavy atom. The van der Waals surface area contributed by atoms with Crippen molar-refractivity contribution in [3.05, 3.63) is 65.5 Å². The van der Waals surface area contributed by atoms with Gasteiger partial charge in [0.15, 0.2) is 5.58 Å². The lowest BCUT2D eigenvalue weighted by Crippen LogP contribution is -2.13. The Kier molecular flexibility index (Phi) is 3.41. The number of benzene rings is 2. The zero-order chi connectivity index (χ0) is 14.8. The first-order valence-electron chi connectivity index (χ1n) is 6.57. The maximum atomic E-state index is 10.9. The maximum absolute atomic E-state index is 10.9. The minimum absolute atomic E-state index is 0.180. The van der Waals surface area contributed by atoms with Crippen molar-refractivity contribution >= 4 is 17.1 Å². The molecule has 3 aromatic rings. The molecular weight excluding hydrogens is 268 g/mol. The predicted octanol–water partition coefficient (Wildman–Crippen LogP) is 2.77. The summed E-state index contributed by atoms with van der Waals surface area (Å²) in [4.78, 5) is 15.2. The van der Waals surface area contributed by atoms with E-state index in [-0.39, 0.29) is 11.6 Å². The van der Waals surface area contributed by atoms with E-state index in [0.29, 0.717) is 23.4 Å². The van der Waals surface area contributed by atoms with Gasteiger partial charge in [-0.05, 0) is 30.2 Å². The van der Waals surface area contributed by atoms with Crippen LogP contribution in [0.5, 0.6) is 0 Å². The topological polar surface area (TPSA) is 89.3 Å². The third-order valence-corrected chi connectivity index (χ3v) is 3.27. The number of aromatic nitrogens is 1. The van der Waals surface area contributed by atoms with Crippen molar-refractivity contribution in [1.29, 1.82) is 0 Å². The molecule has 1 unspecified atom stereocenters. The van der Waals surface area contributed by atoms with Crippen LogP contribution in [0.25, 0.3) is 11.1 Å². The molecule has 1 atom stereocenters. The molecule has 0 amide bonds. The standard InChI is InChI=1S/C16H14N2O3/c17-12(8-10-4-2-1-3-5-10)15-18-13-9-11(16(19)20)6-7-14(13)21-15/h1-7,9,12H,8,17H2,(H,19,20). The molecule has 0 aliphatic rings. The highest BCUT2D eigenvalue weighted by atomic mass is 16.4. The van der Waals surface area contributed by atoms with Gasteiger partial charge < -0.3 is 15.3 Å². The second-order valence-electron chi connectivity index (χ2n) is 4.84. The summed E-state index contributed by atoms with van der Waals surface area (Å²) in [6, 6.07) is 14.0. The van der Waals surface area contributed by atoms with E-state index in [4.69, 9.17) is 15.3 Å². The second kappa shape index (κ2) is 5.38. The zero-order valence-electron chi connectivity index (χ0n) is 11.2. The molecule has 5 nitrogen and oxygen atoms in total. The van der Waals surface area contributed by atoms with Crippen LogP contribution in [0.1, 0.15) is 27.9 Å². The maximum Gasteiger partial charge on any atom is 0.335 e. The third kappa shape index (κ3) is 2.78. The summed E-state index contributed by atoms with van der Waals surface area (Å²) in [5, 5.41) is 8.97. The number of nitrogens with zero attached hydrogens (tertiary/aromatic N) is 1. The molecule has 0 aliphatic heterocycles. The normalized spacial score (nSPS) is 12.4. The molecule has 1 heterocycles. The van der Waals surface area contributed by atoms with Gasteiger partial charge in [-0.3, -0.25) is 0 Å². The third-order valence-electron chi connectivity index (χ3n) is 3.27. The molecule has 0 saturated heterocycles. The molecule has 5 heteroatoms. The fraction of sp³-hybridized carbons (Fsp3) is 0.125. The lowest BCUT2D eigenvalue weighted by Gasteiger charge is -2.06. The highest BCUT2D eigenvalue weighted by Crippen LogP contribution is 2.22. The van der Waals surface area contributed by atoms with Gasteiger partial charge in [-0.1, -0.05) is 30.3 Å². The first-order valence-corrected chi connectivity index (χ1v) is 6.57. The number of aromatic carboxylic acids is 1. The average molecular weight is 282 g/mol.